The maximum Gasteiger partial charge on any atom is 0.373 e. The van der Waals surface area contributed by atoms with Gasteiger partial charge in [0.25, 0.3) is 0 Å². The van der Waals surface area contributed by atoms with Crippen molar-refractivity contribution in [3.63, 3.8) is 0 Å². The molecule has 7 aromatic carbocycles. The van der Waals surface area contributed by atoms with Crippen molar-refractivity contribution >= 4 is 61.3 Å². The number of fused-ring (bicyclic) bond motifs is 3. The number of carbonyl (C=O) groups excluding carboxylic acids is 11. The van der Waals surface area contributed by atoms with Crippen LogP contribution in [0.2, 0.25) is 0 Å². The van der Waals surface area contributed by atoms with Crippen molar-refractivity contribution in [1.82, 2.24) is 0 Å². The molecule has 4 heterocycles. The molecule has 17 rings (SSSR count). The van der Waals surface area contributed by atoms with E-state index in [4.69, 9.17) is 47.6 Å². The van der Waals surface area contributed by atoms with Crippen molar-refractivity contribution < 1.29 is 129 Å². The maximum atomic E-state index is 11.5. The first-order chi connectivity index (χ1) is 68.2. The Morgan fingerprint density at radius 3 is 0.965 bits per heavy atom. The number of hydrogen-bond acceptors (Lipinski definition) is 27. The molecule has 3 N–H and O–H groups in total. The molecule has 6 aliphatic carbocycles. The summed E-state index contributed by atoms with van der Waals surface area (Å²) < 4.78 is 71.9. The van der Waals surface area contributed by atoms with Crippen LogP contribution in [0.15, 0.2) is 194 Å². The van der Waals surface area contributed by atoms with Crippen molar-refractivity contribution in [2.75, 3.05) is 109 Å². The topological polar surface area (TPSA) is 376 Å². The molecule has 780 valence electrons. The number of esters is 5. The minimum atomic E-state index is -3.23. The Labute approximate surface area is 845 Å². The highest BCUT2D eigenvalue weighted by molar-refractivity contribution is 7.54. The number of Topliss-reactive ketones (excluding diaryl/α,β-unsaturated/α-hetero) is 2. The zero-order chi connectivity index (χ0) is 106. The normalized spacial score (nSPS) is 21.2. The van der Waals surface area contributed by atoms with Gasteiger partial charge in [-0.05, 0) is 201 Å². The quantitative estimate of drug-likeness (QED) is 0.0293. The second kappa shape index (κ2) is 59.0. The van der Waals surface area contributed by atoms with E-state index in [0.29, 0.717) is 50.5 Å². The van der Waals surface area contributed by atoms with E-state index in [2.05, 4.69) is 236 Å². The fourth-order valence-electron chi connectivity index (χ4n) is 19.3. The molecule has 0 radical (unpaired) electrons. The zero-order valence-electron chi connectivity index (χ0n) is 86.9. The number of allylic oxidation sites excluding steroid dienone is 1. The van der Waals surface area contributed by atoms with E-state index in [-0.39, 0.29) is 106 Å². The molecule has 0 amide bonds. The SMILES string of the molecule is C=CC(=O)OC.COC(=O)C=C1CCC(CO)(c2ccc(C)cc2)CC1.COC(=O)CC12CCC(c3ccc(C)cc3)(CC1)CO2.COC(=O)CP(=O)(OC)OC.COC(=O)Cc1ccc(C)cc1.Cc1ccc(C2(C)CCC(=O)CC2)cc1.Cc1ccc(C2(C)CCC3(CC2)OCCO3)cc1.Cc1ccc(C2(CO)CCC(=O)CC2)cc1.Cc1ccc(C2(CO)CCC3(CC2)OCCO3)cc1.O=C=O.O=C=O. The molecule has 0 unspecified atom stereocenters. The van der Waals surface area contributed by atoms with Gasteiger partial charge in [-0.25, -0.2) is 9.59 Å². The van der Waals surface area contributed by atoms with Crippen LogP contribution in [0.4, 0.5) is 0 Å². The lowest BCUT2D eigenvalue weighted by molar-refractivity contribution is -0.193. The minimum Gasteiger partial charge on any atom is -0.469 e. The third-order valence-corrected chi connectivity index (χ3v) is 31.2. The van der Waals surface area contributed by atoms with Crippen LogP contribution in [0, 0.1) is 48.5 Å². The second-order valence-electron chi connectivity index (χ2n) is 39.1. The molecular weight excluding hydrogens is 1840 g/mol. The lowest BCUT2D eigenvalue weighted by Crippen LogP contribution is -2.54. The molecule has 28 heteroatoms. The number of ketones is 2. The first-order valence-electron chi connectivity index (χ1n) is 49.1. The van der Waals surface area contributed by atoms with Crippen molar-refractivity contribution in [1.29, 1.82) is 0 Å². The fraction of sp³-hybridized carbons (Fsp3) is 0.522. The number of hydrogen-bond donors (Lipinski definition) is 3. The molecule has 10 fully saturated rings. The molecule has 10 aliphatic rings. The molecule has 2 bridgehead atoms. The summed E-state index contributed by atoms with van der Waals surface area (Å²) in [6.07, 6.45) is 25.4. The Hall–Kier alpha value is -10.7. The summed E-state index contributed by atoms with van der Waals surface area (Å²) in [4.78, 5) is 109. The summed E-state index contributed by atoms with van der Waals surface area (Å²) in [6.45, 7) is 26.6. The predicted octanol–water partition coefficient (Wildman–Crippen LogP) is 19.4. The van der Waals surface area contributed by atoms with Gasteiger partial charge in [0.15, 0.2) is 11.6 Å². The van der Waals surface area contributed by atoms with E-state index in [0.717, 1.165) is 178 Å². The summed E-state index contributed by atoms with van der Waals surface area (Å²) in [5.41, 5.74) is 18.7. The van der Waals surface area contributed by atoms with Gasteiger partial charge in [-0.3, -0.25) is 28.5 Å². The van der Waals surface area contributed by atoms with Crippen molar-refractivity contribution in [3.8, 4) is 0 Å². The third-order valence-electron chi connectivity index (χ3n) is 29.5. The van der Waals surface area contributed by atoms with Crippen molar-refractivity contribution in [2.24, 2.45) is 0 Å². The molecular formula is C115H153O27P. The Bertz CT molecular complexity index is 5180. The van der Waals surface area contributed by atoms with Gasteiger partial charge in [-0.15, -0.1) is 0 Å². The minimum absolute atomic E-state index is 0.117. The highest BCUT2D eigenvalue weighted by atomic mass is 31.2. The van der Waals surface area contributed by atoms with Crippen LogP contribution in [0.5, 0.6) is 0 Å². The van der Waals surface area contributed by atoms with Crippen LogP contribution < -0.4 is 0 Å². The highest BCUT2D eigenvalue weighted by Gasteiger charge is 2.52. The fourth-order valence-corrected chi connectivity index (χ4v) is 20.1. The molecule has 4 saturated heterocycles. The first kappa shape index (κ1) is 121. The van der Waals surface area contributed by atoms with Gasteiger partial charge in [0, 0.05) is 99.4 Å². The Balaban J connectivity index is 0.000000247. The smallest absolute Gasteiger partial charge is 0.373 e. The monoisotopic (exact) mass is 2000 g/mol. The van der Waals surface area contributed by atoms with Gasteiger partial charge in [0.1, 0.15) is 17.7 Å². The number of aliphatic hydroxyl groups is 3. The van der Waals surface area contributed by atoms with Gasteiger partial charge in [-0.2, -0.15) is 19.2 Å². The number of aliphatic hydroxyl groups excluding tert-OH is 3. The van der Waals surface area contributed by atoms with Crippen molar-refractivity contribution in [2.45, 2.75) is 279 Å². The van der Waals surface area contributed by atoms with Crippen LogP contribution in [-0.2, 0) is 153 Å². The van der Waals surface area contributed by atoms with Gasteiger partial charge in [0.2, 0.25) is 0 Å². The molecule has 0 aromatic heterocycles. The van der Waals surface area contributed by atoms with E-state index in [1.165, 1.54) is 122 Å². The van der Waals surface area contributed by atoms with Gasteiger partial charge >= 0.3 is 49.7 Å². The average Bonchev–Trinajstić information content (AvgIpc) is 1.55. The van der Waals surface area contributed by atoms with Crippen LogP contribution in [0.3, 0.4) is 0 Å². The van der Waals surface area contributed by atoms with Gasteiger partial charge < -0.3 is 71.7 Å². The number of carbonyl (C=O) groups is 7. The molecule has 27 nitrogen and oxygen atoms in total. The zero-order valence-corrected chi connectivity index (χ0v) is 87.8. The van der Waals surface area contributed by atoms with E-state index in [1.807, 2.05) is 31.2 Å². The van der Waals surface area contributed by atoms with E-state index < -0.39 is 19.5 Å². The molecule has 4 aliphatic heterocycles. The second-order valence-corrected chi connectivity index (χ2v) is 41.4. The largest absolute Gasteiger partial charge is 0.469 e. The summed E-state index contributed by atoms with van der Waals surface area (Å²) in [7, 11) is 5.96. The van der Waals surface area contributed by atoms with Crippen LogP contribution in [0.1, 0.15) is 252 Å². The number of rotatable bonds is 19. The molecule has 6 saturated carbocycles. The predicted molar refractivity (Wildman–Crippen MR) is 543 cm³/mol. The summed E-state index contributed by atoms with van der Waals surface area (Å²) in [6, 6.07) is 59.7. The highest BCUT2D eigenvalue weighted by Crippen LogP contribution is 2.53. The number of methoxy groups -OCH3 is 5. The Morgan fingerprint density at radius 1 is 0.364 bits per heavy atom. The van der Waals surface area contributed by atoms with Gasteiger partial charge in [-0.1, -0.05) is 235 Å². The number of aryl methyl sites for hydroxylation is 7. The molecule has 0 atom stereocenters. The van der Waals surface area contributed by atoms with Crippen LogP contribution in [-0.4, -0.2) is 195 Å². The number of benzene rings is 7. The van der Waals surface area contributed by atoms with Gasteiger partial charge in [0.05, 0.1) is 107 Å². The summed E-state index contributed by atoms with van der Waals surface area (Å²) in [5.74, 6) is -1.49. The Kier molecular flexibility index (Phi) is 50.0. The van der Waals surface area contributed by atoms with Crippen LogP contribution >= 0.6 is 7.60 Å². The number of ether oxygens (including phenoxy) is 10. The van der Waals surface area contributed by atoms with Crippen molar-refractivity contribution in [3.05, 3.63) is 272 Å². The molecule has 7 aromatic rings. The van der Waals surface area contributed by atoms with Crippen LogP contribution in [0.25, 0.3) is 0 Å². The molecule has 2 spiro atoms. The lowest BCUT2D eigenvalue weighted by Gasteiger charge is -2.53. The van der Waals surface area contributed by atoms with E-state index in [1.54, 1.807) is 6.08 Å². The summed E-state index contributed by atoms with van der Waals surface area (Å²) in [5, 5.41) is 29.4. The third kappa shape index (κ3) is 37.1. The Morgan fingerprint density at radius 2 is 0.664 bits per heavy atom. The first-order valence-corrected chi connectivity index (χ1v) is 50.8. The standard InChI is InChI=1S/2C17H22O3.C16H22O3.C16H22O2.C14H18O2.C14H18O.C10H12O2.C5H11O5P.C4H6O2.2CO2/c1-13-3-5-14(6-4-13)16-7-9-17(10-8-16,20-12-16)11-15(18)19-2;1-13-3-5-15(6-4-13)17(12-18)9-7-14(8-10-17)11-16(19)20-2;1-13-2-4-14(5-3-13)15(12-17)6-8-16(9-7-15)18-10-11-19-16;1-13-3-5-14(6-4-13)15(2)7-9-16(10-8-15)17-11-12-18-16;1-11-2-4-12(5-3-11)14(10-15)8-6-13(16)7-9-14;1-11-3-5-12(6-4-11)14(2)9-7-13(15)8-10-14;1-8-3-5-9(6-4-8)7-10(11)12-2;1-8-5(6)4-11(7,9-2)10-3;1-3-4(5)6-2;2*2-1-3/h3-6H,7-12H2,1-2H3;3-6,11,18H,7-10,12H2,1-2H3;2-5,17H,6-12H2,1H3;3-6H,7-12H2,1-2H3;2-5,15H,6-10H2,1H3;3-6H,7-10H2,1-2H3;3-6H,7H2,1-2H3;4H2,1-3H3;3H,1H2,2H3;;. The molecule has 143 heavy (non-hydrogen) atoms. The average molecular weight is 2000 g/mol. The van der Waals surface area contributed by atoms with E-state index in [9.17, 15) is 53.4 Å². The lowest BCUT2D eigenvalue weighted by atomic mass is 9.62. The maximum absolute atomic E-state index is 11.5. The van der Waals surface area contributed by atoms with E-state index >= 15 is 0 Å². The summed E-state index contributed by atoms with van der Waals surface area (Å²) >= 11 is 0.